The molecule has 0 aliphatic heterocycles. The van der Waals surface area contributed by atoms with E-state index in [2.05, 4.69) is 34.8 Å². The lowest BCUT2D eigenvalue weighted by Crippen LogP contribution is -2.39. The maximum Gasteiger partial charge on any atom is 0.0615 e. The van der Waals surface area contributed by atoms with Gasteiger partial charge < -0.3 is 10.5 Å². The molecule has 3 nitrogen and oxygen atoms in total. The summed E-state index contributed by atoms with van der Waals surface area (Å²) in [5.74, 6) is 0. The molecule has 0 fully saturated rings. The summed E-state index contributed by atoms with van der Waals surface area (Å²) in [6, 6.07) is 6.39. The van der Waals surface area contributed by atoms with Crippen molar-refractivity contribution in [2.75, 3.05) is 27.3 Å². The first-order valence-corrected chi connectivity index (χ1v) is 7.04. The molecular weight excluding hydrogens is 316 g/mol. The molecule has 0 bridgehead atoms. The largest absolute Gasteiger partial charge is 0.383 e. The van der Waals surface area contributed by atoms with Crippen LogP contribution in [0.15, 0.2) is 22.7 Å². The molecule has 0 aromatic heterocycles. The molecule has 0 amide bonds. The quantitative estimate of drug-likeness (QED) is 0.868. The van der Waals surface area contributed by atoms with Crippen LogP contribution in [0.25, 0.3) is 0 Å². The van der Waals surface area contributed by atoms with E-state index in [1.165, 1.54) is 0 Å². The fourth-order valence-electron chi connectivity index (χ4n) is 1.92. The number of benzene rings is 1. The summed E-state index contributed by atoms with van der Waals surface area (Å²) in [4.78, 5) is 2.21. The molecule has 0 spiro atoms. The molecule has 2 unspecified atom stereocenters. The van der Waals surface area contributed by atoms with Crippen LogP contribution in [0.4, 0.5) is 0 Å². The smallest absolute Gasteiger partial charge is 0.0615 e. The number of ether oxygens (including phenoxy) is 1. The first-order valence-electron chi connectivity index (χ1n) is 5.87. The van der Waals surface area contributed by atoms with Gasteiger partial charge >= 0.3 is 0 Å². The van der Waals surface area contributed by atoms with Gasteiger partial charge in [-0.2, -0.15) is 0 Å². The van der Waals surface area contributed by atoms with Crippen LogP contribution in [-0.2, 0) is 4.74 Å². The minimum absolute atomic E-state index is 0.140. The van der Waals surface area contributed by atoms with E-state index in [0.717, 1.165) is 10.0 Å². The van der Waals surface area contributed by atoms with Gasteiger partial charge in [-0.1, -0.05) is 17.7 Å². The van der Waals surface area contributed by atoms with Crippen LogP contribution in [-0.4, -0.2) is 38.3 Å². The van der Waals surface area contributed by atoms with Gasteiger partial charge in [-0.3, -0.25) is 4.90 Å². The van der Waals surface area contributed by atoms with Crippen molar-refractivity contribution in [3.05, 3.63) is 33.3 Å². The Balaban J connectivity index is 2.91. The minimum Gasteiger partial charge on any atom is -0.383 e. The predicted molar refractivity (Wildman–Crippen MR) is 80.0 cm³/mol. The molecule has 0 heterocycles. The van der Waals surface area contributed by atoms with Gasteiger partial charge in [0, 0.05) is 30.2 Å². The van der Waals surface area contributed by atoms with Crippen LogP contribution in [0.5, 0.6) is 0 Å². The molecule has 1 rings (SSSR count). The molecule has 0 aliphatic rings. The SMILES string of the molecule is COCC(C)N(C)C(CN)c1ccc(Br)c(Cl)c1. The molecule has 2 atom stereocenters. The average Bonchev–Trinajstić information content (AvgIpc) is 2.34. The van der Waals surface area contributed by atoms with Gasteiger partial charge in [0.2, 0.25) is 0 Å². The van der Waals surface area contributed by atoms with Crippen molar-refractivity contribution in [1.82, 2.24) is 4.90 Å². The fraction of sp³-hybridized carbons (Fsp3) is 0.538. The third-order valence-electron chi connectivity index (χ3n) is 3.15. The van der Waals surface area contributed by atoms with Crippen molar-refractivity contribution >= 4 is 27.5 Å². The Bertz CT molecular complexity index is 389. The van der Waals surface area contributed by atoms with E-state index in [1.807, 2.05) is 18.2 Å². The molecule has 0 aliphatic carbocycles. The number of methoxy groups -OCH3 is 1. The van der Waals surface area contributed by atoms with E-state index in [4.69, 9.17) is 22.1 Å². The highest BCUT2D eigenvalue weighted by Crippen LogP contribution is 2.28. The van der Waals surface area contributed by atoms with E-state index >= 15 is 0 Å². The van der Waals surface area contributed by atoms with Gasteiger partial charge in [-0.15, -0.1) is 0 Å². The van der Waals surface area contributed by atoms with E-state index in [1.54, 1.807) is 7.11 Å². The van der Waals surface area contributed by atoms with E-state index in [9.17, 15) is 0 Å². The van der Waals surface area contributed by atoms with Crippen LogP contribution in [0.1, 0.15) is 18.5 Å². The third kappa shape index (κ3) is 3.93. The number of likely N-dealkylation sites (N-methyl/N-ethyl adjacent to an activating group) is 1. The Morgan fingerprint density at radius 3 is 2.67 bits per heavy atom. The van der Waals surface area contributed by atoms with Crippen molar-refractivity contribution in [3.63, 3.8) is 0 Å². The van der Waals surface area contributed by atoms with E-state index < -0.39 is 0 Å². The number of nitrogens with two attached hydrogens (primary N) is 1. The second-order valence-corrected chi connectivity index (χ2v) is 5.66. The van der Waals surface area contributed by atoms with E-state index in [-0.39, 0.29) is 6.04 Å². The minimum atomic E-state index is 0.140. The highest BCUT2D eigenvalue weighted by atomic mass is 79.9. The van der Waals surface area contributed by atoms with Crippen molar-refractivity contribution in [2.45, 2.75) is 19.0 Å². The molecule has 1 aromatic carbocycles. The molecule has 0 saturated carbocycles. The van der Waals surface area contributed by atoms with Gasteiger partial charge in [-0.25, -0.2) is 0 Å². The number of hydrogen-bond acceptors (Lipinski definition) is 3. The van der Waals surface area contributed by atoms with Gasteiger partial charge in [-0.05, 0) is 47.6 Å². The molecule has 0 radical (unpaired) electrons. The fourth-order valence-corrected chi connectivity index (χ4v) is 2.36. The summed E-state index contributed by atoms with van der Waals surface area (Å²) in [6.07, 6.45) is 0. The Morgan fingerprint density at radius 2 is 2.17 bits per heavy atom. The van der Waals surface area contributed by atoms with Crippen LogP contribution >= 0.6 is 27.5 Å². The standard InChI is InChI=1S/C13H20BrClN2O/c1-9(8-18-3)17(2)13(7-16)10-4-5-11(14)12(15)6-10/h4-6,9,13H,7-8,16H2,1-3H3. The summed E-state index contributed by atoms with van der Waals surface area (Å²) in [7, 11) is 3.76. The van der Waals surface area contributed by atoms with Gasteiger partial charge in [0.25, 0.3) is 0 Å². The number of halogens is 2. The molecule has 2 N–H and O–H groups in total. The van der Waals surface area contributed by atoms with Gasteiger partial charge in [0.1, 0.15) is 0 Å². The normalized spacial score (nSPS) is 14.8. The Morgan fingerprint density at radius 1 is 1.50 bits per heavy atom. The van der Waals surface area contributed by atoms with Crippen LogP contribution in [0.3, 0.4) is 0 Å². The lowest BCUT2D eigenvalue weighted by Gasteiger charge is -2.32. The molecule has 1 aromatic rings. The van der Waals surface area contributed by atoms with Crippen molar-refractivity contribution in [1.29, 1.82) is 0 Å². The summed E-state index contributed by atoms with van der Waals surface area (Å²) in [5.41, 5.74) is 7.01. The van der Waals surface area contributed by atoms with Crippen molar-refractivity contribution in [3.8, 4) is 0 Å². The summed E-state index contributed by atoms with van der Waals surface area (Å²) < 4.78 is 6.08. The average molecular weight is 336 g/mol. The monoisotopic (exact) mass is 334 g/mol. The van der Waals surface area contributed by atoms with Crippen molar-refractivity contribution < 1.29 is 4.74 Å². The molecule has 5 heteroatoms. The molecule has 102 valence electrons. The zero-order chi connectivity index (χ0) is 13.7. The predicted octanol–water partition coefficient (Wildman–Crippen LogP) is 3.07. The Kier molecular flexibility index (Phi) is 6.60. The topological polar surface area (TPSA) is 38.5 Å². The highest BCUT2D eigenvalue weighted by molar-refractivity contribution is 9.10. The number of nitrogens with zero attached hydrogens (tertiary/aromatic N) is 1. The van der Waals surface area contributed by atoms with Crippen molar-refractivity contribution in [2.24, 2.45) is 5.73 Å². The maximum atomic E-state index is 6.13. The Labute approximate surface area is 122 Å². The van der Waals surface area contributed by atoms with Crippen LogP contribution < -0.4 is 5.73 Å². The lowest BCUT2D eigenvalue weighted by atomic mass is 10.0. The number of hydrogen-bond donors (Lipinski definition) is 1. The summed E-state index contributed by atoms with van der Waals surface area (Å²) in [5, 5.41) is 0.707. The van der Waals surface area contributed by atoms with Gasteiger partial charge in [0.05, 0.1) is 11.6 Å². The highest BCUT2D eigenvalue weighted by Gasteiger charge is 2.20. The molecule has 18 heavy (non-hydrogen) atoms. The zero-order valence-corrected chi connectivity index (χ0v) is 13.3. The second-order valence-electron chi connectivity index (χ2n) is 4.39. The maximum absolute atomic E-state index is 6.13. The molecule has 0 saturated heterocycles. The first-order chi connectivity index (χ1) is 8.51. The summed E-state index contributed by atoms with van der Waals surface area (Å²) >= 11 is 9.52. The van der Waals surface area contributed by atoms with Crippen LogP contribution in [0, 0.1) is 0 Å². The third-order valence-corrected chi connectivity index (χ3v) is 4.38. The molecular formula is C13H20BrClN2O. The van der Waals surface area contributed by atoms with E-state index in [0.29, 0.717) is 24.2 Å². The van der Waals surface area contributed by atoms with Crippen LogP contribution in [0.2, 0.25) is 5.02 Å². The number of rotatable bonds is 6. The summed E-state index contributed by atoms with van der Waals surface area (Å²) in [6.45, 7) is 3.34. The zero-order valence-electron chi connectivity index (χ0n) is 11.0. The second kappa shape index (κ2) is 7.46. The first kappa shape index (κ1) is 15.9. The Hall–Kier alpha value is -0.130. The van der Waals surface area contributed by atoms with Gasteiger partial charge in [0.15, 0.2) is 0 Å². The lowest BCUT2D eigenvalue weighted by molar-refractivity contribution is 0.0910.